The number of aliphatic carboxylic acids is 1. The summed E-state index contributed by atoms with van der Waals surface area (Å²) in [6.07, 6.45) is 2.49. The topological polar surface area (TPSA) is 88.5 Å². The standard InChI is InChI=1S/C13H18N2O4/c1-4-7-13(2,12(17)18)15-10(16)9-6-5-8-14-11(9)19-3/h5-6,8H,4,7H2,1-3H3,(H,15,16)(H,17,18). The van der Waals surface area contributed by atoms with E-state index in [4.69, 9.17) is 4.74 Å². The number of nitrogens with zero attached hydrogens (tertiary/aromatic N) is 1. The lowest BCUT2D eigenvalue weighted by Gasteiger charge is -2.25. The van der Waals surface area contributed by atoms with Gasteiger partial charge in [0.15, 0.2) is 0 Å². The molecule has 6 nitrogen and oxygen atoms in total. The van der Waals surface area contributed by atoms with E-state index in [2.05, 4.69) is 10.3 Å². The Morgan fingerprint density at radius 2 is 2.21 bits per heavy atom. The maximum atomic E-state index is 12.1. The van der Waals surface area contributed by atoms with Crippen LogP contribution in [0.1, 0.15) is 37.0 Å². The normalized spacial score (nSPS) is 13.4. The first-order valence-electron chi connectivity index (χ1n) is 5.99. The van der Waals surface area contributed by atoms with Crippen molar-refractivity contribution < 1.29 is 19.4 Å². The van der Waals surface area contributed by atoms with Crippen molar-refractivity contribution in [2.24, 2.45) is 0 Å². The van der Waals surface area contributed by atoms with Gasteiger partial charge in [-0.15, -0.1) is 0 Å². The fourth-order valence-corrected chi connectivity index (χ4v) is 1.77. The van der Waals surface area contributed by atoms with Gasteiger partial charge in [0.05, 0.1) is 7.11 Å². The first kappa shape index (κ1) is 14.9. The molecule has 1 heterocycles. The van der Waals surface area contributed by atoms with Crippen molar-refractivity contribution in [3.8, 4) is 5.88 Å². The average molecular weight is 266 g/mol. The molecule has 1 rings (SSSR count). The molecule has 1 aromatic heterocycles. The molecule has 0 saturated carbocycles. The number of carbonyl (C=O) groups is 2. The summed E-state index contributed by atoms with van der Waals surface area (Å²) in [5.41, 5.74) is -1.08. The smallest absolute Gasteiger partial charge is 0.329 e. The van der Waals surface area contributed by atoms with Crippen molar-refractivity contribution in [3.05, 3.63) is 23.9 Å². The van der Waals surface area contributed by atoms with Crippen molar-refractivity contribution >= 4 is 11.9 Å². The van der Waals surface area contributed by atoms with Crippen LogP contribution in [0.15, 0.2) is 18.3 Å². The van der Waals surface area contributed by atoms with Crippen LogP contribution in [0.2, 0.25) is 0 Å². The highest BCUT2D eigenvalue weighted by molar-refractivity contribution is 5.99. The van der Waals surface area contributed by atoms with Crippen molar-refractivity contribution in [1.29, 1.82) is 0 Å². The quantitative estimate of drug-likeness (QED) is 0.813. The lowest BCUT2D eigenvalue weighted by Crippen LogP contribution is -2.52. The molecule has 0 radical (unpaired) electrons. The minimum absolute atomic E-state index is 0.171. The molecule has 6 heteroatoms. The number of rotatable bonds is 6. The van der Waals surface area contributed by atoms with Crippen LogP contribution in [0, 0.1) is 0 Å². The van der Waals surface area contributed by atoms with E-state index in [0.717, 1.165) is 0 Å². The Balaban J connectivity index is 2.97. The number of hydrogen-bond acceptors (Lipinski definition) is 4. The molecule has 0 aliphatic heterocycles. The van der Waals surface area contributed by atoms with E-state index < -0.39 is 17.4 Å². The molecular weight excluding hydrogens is 248 g/mol. The molecule has 0 aliphatic carbocycles. The second-order valence-electron chi connectivity index (χ2n) is 4.40. The van der Waals surface area contributed by atoms with Gasteiger partial charge in [0, 0.05) is 6.20 Å². The van der Waals surface area contributed by atoms with Crippen LogP contribution in [-0.2, 0) is 4.79 Å². The summed E-state index contributed by atoms with van der Waals surface area (Å²) in [4.78, 5) is 27.3. The SMILES string of the molecule is CCCC(C)(NC(=O)c1cccnc1OC)C(=O)O. The maximum absolute atomic E-state index is 12.1. The fourth-order valence-electron chi connectivity index (χ4n) is 1.77. The minimum atomic E-state index is -1.30. The third-order valence-electron chi connectivity index (χ3n) is 2.82. The van der Waals surface area contributed by atoms with Crippen LogP contribution >= 0.6 is 0 Å². The summed E-state index contributed by atoms with van der Waals surface area (Å²) < 4.78 is 4.98. The average Bonchev–Trinajstić information content (AvgIpc) is 2.38. The predicted octanol–water partition coefficient (Wildman–Crippen LogP) is 1.46. The van der Waals surface area contributed by atoms with E-state index in [-0.39, 0.29) is 11.4 Å². The van der Waals surface area contributed by atoms with Gasteiger partial charge >= 0.3 is 5.97 Å². The zero-order valence-corrected chi connectivity index (χ0v) is 11.3. The van der Waals surface area contributed by atoms with Gasteiger partial charge in [0.2, 0.25) is 5.88 Å². The van der Waals surface area contributed by atoms with Crippen molar-refractivity contribution in [2.45, 2.75) is 32.2 Å². The summed E-state index contributed by atoms with van der Waals surface area (Å²) in [5.74, 6) is -1.40. The monoisotopic (exact) mass is 266 g/mol. The van der Waals surface area contributed by atoms with Crippen LogP contribution < -0.4 is 10.1 Å². The highest BCUT2D eigenvalue weighted by Gasteiger charge is 2.34. The first-order chi connectivity index (χ1) is 8.94. The second kappa shape index (κ2) is 6.17. The van der Waals surface area contributed by atoms with Gasteiger partial charge in [-0.25, -0.2) is 9.78 Å². The fraction of sp³-hybridized carbons (Fsp3) is 0.462. The third kappa shape index (κ3) is 3.43. The van der Waals surface area contributed by atoms with Crippen LogP contribution in [0.4, 0.5) is 0 Å². The zero-order chi connectivity index (χ0) is 14.5. The number of ether oxygens (including phenoxy) is 1. The van der Waals surface area contributed by atoms with Crippen LogP contribution in [0.3, 0.4) is 0 Å². The molecule has 1 amide bonds. The molecule has 1 aromatic rings. The van der Waals surface area contributed by atoms with Crippen molar-refractivity contribution in [2.75, 3.05) is 7.11 Å². The Labute approximate surface area is 111 Å². The van der Waals surface area contributed by atoms with Gasteiger partial charge in [-0.2, -0.15) is 0 Å². The van der Waals surface area contributed by atoms with Gasteiger partial charge in [0.25, 0.3) is 5.91 Å². The summed E-state index contributed by atoms with van der Waals surface area (Å²) in [6.45, 7) is 3.34. The first-order valence-corrected chi connectivity index (χ1v) is 5.99. The molecule has 2 N–H and O–H groups in total. The number of nitrogens with one attached hydrogen (secondary N) is 1. The van der Waals surface area contributed by atoms with Gasteiger partial charge in [-0.05, 0) is 25.5 Å². The zero-order valence-electron chi connectivity index (χ0n) is 11.3. The Bertz CT molecular complexity index is 475. The van der Waals surface area contributed by atoms with Crippen LogP contribution in [0.5, 0.6) is 5.88 Å². The highest BCUT2D eigenvalue weighted by Crippen LogP contribution is 2.17. The molecule has 0 bridgehead atoms. The number of pyridine rings is 1. The van der Waals surface area contributed by atoms with E-state index >= 15 is 0 Å². The van der Waals surface area contributed by atoms with Crippen molar-refractivity contribution in [3.63, 3.8) is 0 Å². The number of hydrogen-bond donors (Lipinski definition) is 2. The Morgan fingerprint density at radius 1 is 1.53 bits per heavy atom. The summed E-state index contributed by atoms with van der Waals surface area (Å²) in [6, 6.07) is 3.13. The van der Waals surface area contributed by atoms with Crippen molar-refractivity contribution in [1.82, 2.24) is 10.3 Å². The van der Waals surface area contributed by atoms with E-state index in [1.165, 1.54) is 26.3 Å². The van der Waals surface area contributed by atoms with E-state index in [1.54, 1.807) is 6.07 Å². The number of carboxylic acid groups (broad SMARTS) is 1. The van der Waals surface area contributed by atoms with Gasteiger partial charge in [-0.1, -0.05) is 13.3 Å². The number of carboxylic acids is 1. The van der Waals surface area contributed by atoms with Crippen LogP contribution in [0.25, 0.3) is 0 Å². The summed E-state index contributed by atoms with van der Waals surface area (Å²) in [5, 5.41) is 11.8. The highest BCUT2D eigenvalue weighted by atomic mass is 16.5. The Hall–Kier alpha value is -2.11. The molecule has 104 valence electrons. The lowest BCUT2D eigenvalue weighted by molar-refractivity contribution is -0.144. The van der Waals surface area contributed by atoms with E-state index in [9.17, 15) is 14.7 Å². The Kier molecular flexibility index (Phi) is 4.86. The molecule has 1 atom stereocenters. The molecule has 0 fully saturated rings. The van der Waals surface area contributed by atoms with E-state index in [0.29, 0.717) is 12.8 Å². The van der Waals surface area contributed by atoms with Gasteiger partial charge < -0.3 is 15.2 Å². The maximum Gasteiger partial charge on any atom is 0.329 e. The molecule has 1 unspecified atom stereocenters. The van der Waals surface area contributed by atoms with Gasteiger partial charge in [0.1, 0.15) is 11.1 Å². The largest absolute Gasteiger partial charge is 0.480 e. The van der Waals surface area contributed by atoms with Gasteiger partial charge in [-0.3, -0.25) is 4.79 Å². The number of methoxy groups -OCH3 is 1. The summed E-state index contributed by atoms with van der Waals surface area (Å²) >= 11 is 0. The molecule has 0 aromatic carbocycles. The lowest BCUT2D eigenvalue weighted by atomic mass is 9.96. The minimum Gasteiger partial charge on any atom is -0.480 e. The molecule has 0 spiro atoms. The second-order valence-corrected chi connectivity index (χ2v) is 4.40. The summed E-state index contributed by atoms with van der Waals surface area (Å²) in [7, 11) is 1.40. The molecular formula is C13H18N2O4. The Morgan fingerprint density at radius 3 is 2.74 bits per heavy atom. The van der Waals surface area contributed by atoms with Crippen LogP contribution in [-0.4, -0.2) is 34.6 Å². The number of aromatic nitrogens is 1. The number of amides is 1. The van der Waals surface area contributed by atoms with E-state index in [1.807, 2.05) is 6.92 Å². The molecule has 19 heavy (non-hydrogen) atoms. The molecule has 0 aliphatic rings. The third-order valence-corrected chi connectivity index (χ3v) is 2.82. The molecule has 0 saturated heterocycles. The predicted molar refractivity (Wildman–Crippen MR) is 69.2 cm³/mol. The number of carbonyl (C=O) groups excluding carboxylic acids is 1.